The fraction of sp³-hybridized carbons (Fsp3) is 0.100. The first-order valence-corrected chi connectivity index (χ1v) is 4.64. The molecule has 0 radical (unpaired) electrons. The van der Waals surface area contributed by atoms with Gasteiger partial charge in [0, 0.05) is 11.1 Å². The van der Waals surface area contributed by atoms with E-state index in [1.165, 1.54) is 0 Å². The topological polar surface area (TPSA) is 90.9 Å². The number of hydrogen-bond acceptors (Lipinski definition) is 4. The fourth-order valence-corrected chi connectivity index (χ4v) is 1.31. The van der Waals surface area contributed by atoms with Gasteiger partial charge in [-0.3, -0.25) is 15.1 Å². The van der Waals surface area contributed by atoms with Crippen molar-refractivity contribution in [3.8, 4) is 11.4 Å². The van der Waals surface area contributed by atoms with Gasteiger partial charge in [0.15, 0.2) is 5.82 Å². The van der Waals surface area contributed by atoms with Crippen LogP contribution in [0.4, 0.5) is 0 Å². The lowest BCUT2D eigenvalue weighted by Crippen LogP contribution is -2.18. The van der Waals surface area contributed by atoms with E-state index in [2.05, 4.69) is 15.2 Å². The number of hydrogen-bond donors (Lipinski definition) is 3. The minimum absolute atomic E-state index is 0.374. The second kappa shape index (κ2) is 4.11. The smallest absolute Gasteiger partial charge is 0.274 e. The molecule has 0 fully saturated rings. The lowest BCUT2D eigenvalue weighted by Gasteiger charge is -1.99. The molecule has 0 unspecified atom stereocenters. The zero-order valence-electron chi connectivity index (χ0n) is 8.56. The van der Waals surface area contributed by atoms with Crippen LogP contribution in [-0.4, -0.2) is 26.3 Å². The number of aryl methyl sites for hydroxylation is 1. The summed E-state index contributed by atoms with van der Waals surface area (Å²) in [4.78, 5) is 15.2. The third-order valence-electron chi connectivity index (χ3n) is 2.10. The first-order valence-electron chi connectivity index (χ1n) is 4.64. The van der Waals surface area contributed by atoms with E-state index >= 15 is 0 Å². The lowest BCUT2D eigenvalue weighted by molar-refractivity contribution is 0.0706. The van der Waals surface area contributed by atoms with E-state index in [1.807, 2.05) is 6.92 Å². The molecule has 0 aliphatic rings. The third-order valence-corrected chi connectivity index (χ3v) is 2.10. The molecule has 0 saturated heterocycles. The van der Waals surface area contributed by atoms with E-state index < -0.39 is 5.91 Å². The second-order valence-electron chi connectivity index (χ2n) is 3.26. The Morgan fingerprint density at radius 3 is 2.56 bits per heavy atom. The molecule has 0 spiro atoms. The average Bonchev–Trinajstić information content (AvgIpc) is 2.75. The number of benzene rings is 1. The van der Waals surface area contributed by atoms with Crippen LogP contribution in [0.2, 0.25) is 0 Å². The highest BCUT2D eigenvalue weighted by Crippen LogP contribution is 2.15. The molecule has 1 aromatic heterocycles. The van der Waals surface area contributed by atoms with Gasteiger partial charge in [-0.25, -0.2) is 10.5 Å². The van der Waals surface area contributed by atoms with Gasteiger partial charge in [-0.1, -0.05) is 12.1 Å². The van der Waals surface area contributed by atoms with Gasteiger partial charge in [0.25, 0.3) is 5.91 Å². The summed E-state index contributed by atoms with van der Waals surface area (Å²) in [5, 5.41) is 15.2. The van der Waals surface area contributed by atoms with Crippen molar-refractivity contribution >= 4 is 5.91 Å². The number of hydroxylamine groups is 1. The minimum atomic E-state index is -0.544. The number of rotatable bonds is 2. The molecule has 1 heterocycles. The Kier molecular flexibility index (Phi) is 2.65. The average molecular weight is 218 g/mol. The number of carbonyl (C=O) groups excluding carboxylic acids is 1. The van der Waals surface area contributed by atoms with E-state index in [1.54, 1.807) is 29.7 Å². The standard InChI is InChI=1S/C10H10N4O2/c1-6-11-9(13-12-6)7-2-4-8(5-3-7)10(15)14-16/h2-5,16H,1H3,(H,14,15)(H,11,12,13). The summed E-state index contributed by atoms with van der Waals surface area (Å²) in [5.74, 6) is 0.762. The molecule has 82 valence electrons. The summed E-state index contributed by atoms with van der Waals surface area (Å²) in [7, 11) is 0. The van der Waals surface area contributed by atoms with Gasteiger partial charge in [-0.15, -0.1) is 0 Å². The summed E-state index contributed by atoms with van der Waals surface area (Å²) in [5.41, 5.74) is 2.75. The molecule has 16 heavy (non-hydrogen) atoms. The molecule has 2 rings (SSSR count). The van der Waals surface area contributed by atoms with Gasteiger partial charge >= 0.3 is 0 Å². The van der Waals surface area contributed by atoms with Crippen molar-refractivity contribution in [1.82, 2.24) is 20.7 Å². The molecule has 1 aromatic carbocycles. The van der Waals surface area contributed by atoms with Crippen molar-refractivity contribution in [1.29, 1.82) is 0 Å². The number of aromatic amines is 1. The van der Waals surface area contributed by atoms with E-state index in [-0.39, 0.29) is 0 Å². The highest BCUT2D eigenvalue weighted by Gasteiger charge is 2.06. The number of nitrogens with one attached hydrogen (secondary N) is 2. The monoisotopic (exact) mass is 218 g/mol. The van der Waals surface area contributed by atoms with E-state index in [0.717, 1.165) is 11.4 Å². The van der Waals surface area contributed by atoms with Gasteiger partial charge in [-0.2, -0.15) is 5.10 Å². The molecular weight excluding hydrogens is 208 g/mol. The zero-order chi connectivity index (χ0) is 11.5. The van der Waals surface area contributed by atoms with Crippen LogP contribution in [0.15, 0.2) is 24.3 Å². The highest BCUT2D eigenvalue weighted by molar-refractivity contribution is 5.93. The molecule has 1 amide bonds. The van der Waals surface area contributed by atoms with Crippen LogP contribution in [0.1, 0.15) is 16.2 Å². The van der Waals surface area contributed by atoms with E-state index in [9.17, 15) is 4.79 Å². The predicted molar refractivity (Wildman–Crippen MR) is 55.8 cm³/mol. The number of H-pyrrole nitrogens is 1. The summed E-state index contributed by atoms with van der Waals surface area (Å²) < 4.78 is 0. The van der Waals surface area contributed by atoms with Crippen molar-refractivity contribution in [2.45, 2.75) is 6.92 Å². The van der Waals surface area contributed by atoms with Crippen molar-refractivity contribution in [2.75, 3.05) is 0 Å². The molecule has 0 saturated carbocycles. The van der Waals surface area contributed by atoms with Gasteiger partial charge in [-0.05, 0) is 19.1 Å². The summed E-state index contributed by atoms with van der Waals surface area (Å²) >= 11 is 0. The Morgan fingerprint density at radius 2 is 2.06 bits per heavy atom. The normalized spacial score (nSPS) is 10.1. The quantitative estimate of drug-likeness (QED) is 0.516. The molecule has 6 nitrogen and oxygen atoms in total. The Bertz CT molecular complexity index is 504. The van der Waals surface area contributed by atoms with Crippen LogP contribution in [0.3, 0.4) is 0 Å². The Hall–Kier alpha value is -2.21. The molecule has 0 aliphatic heterocycles. The first-order chi connectivity index (χ1) is 7.70. The molecule has 0 aliphatic carbocycles. The lowest BCUT2D eigenvalue weighted by atomic mass is 10.1. The number of aromatic nitrogens is 3. The molecule has 0 atom stereocenters. The van der Waals surface area contributed by atoms with Gasteiger partial charge in [0.2, 0.25) is 0 Å². The molecule has 3 N–H and O–H groups in total. The summed E-state index contributed by atoms with van der Waals surface area (Å²) in [6.45, 7) is 1.81. The number of amides is 1. The van der Waals surface area contributed by atoms with Gasteiger partial charge in [0.05, 0.1) is 0 Å². The van der Waals surface area contributed by atoms with E-state index in [4.69, 9.17) is 5.21 Å². The van der Waals surface area contributed by atoms with Crippen molar-refractivity contribution < 1.29 is 10.0 Å². The summed E-state index contributed by atoms with van der Waals surface area (Å²) in [6.07, 6.45) is 0. The maximum absolute atomic E-state index is 11.1. The van der Waals surface area contributed by atoms with Gasteiger partial charge in [0.1, 0.15) is 5.82 Å². The molecule has 6 heteroatoms. The Balaban J connectivity index is 2.29. The molecule has 0 bridgehead atoms. The van der Waals surface area contributed by atoms with Gasteiger partial charge < -0.3 is 0 Å². The third kappa shape index (κ3) is 1.91. The Morgan fingerprint density at radius 1 is 1.38 bits per heavy atom. The van der Waals surface area contributed by atoms with Crippen LogP contribution in [0.25, 0.3) is 11.4 Å². The fourth-order valence-electron chi connectivity index (χ4n) is 1.31. The summed E-state index contributed by atoms with van der Waals surface area (Å²) in [6, 6.07) is 6.61. The minimum Gasteiger partial charge on any atom is -0.288 e. The van der Waals surface area contributed by atoms with Crippen molar-refractivity contribution in [3.63, 3.8) is 0 Å². The maximum atomic E-state index is 11.1. The van der Waals surface area contributed by atoms with Crippen LogP contribution in [0.5, 0.6) is 0 Å². The van der Waals surface area contributed by atoms with Crippen LogP contribution in [0, 0.1) is 6.92 Å². The molecular formula is C10H10N4O2. The second-order valence-corrected chi connectivity index (χ2v) is 3.26. The number of nitrogens with zero attached hydrogens (tertiary/aromatic N) is 2. The van der Waals surface area contributed by atoms with Crippen LogP contribution < -0.4 is 5.48 Å². The SMILES string of the molecule is Cc1nc(-c2ccc(C(=O)NO)cc2)n[nH]1. The molecule has 2 aromatic rings. The van der Waals surface area contributed by atoms with Crippen LogP contribution >= 0.6 is 0 Å². The van der Waals surface area contributed by atoms with E-state index in [0.29, 0.717) is 11.4 Å². The van der Waals surface area contributed by atoms with Crippen LogP contribution in [-0.2, 0) is 0 Å². The first kappa shape index (κ1) is 10.3. The largest absolute Gasteiger partial charge is 0.288 e. The Labute approximate surface area is 91.3 Å². The maximum Gasteiger partial charge on any atom is 0.274 e. The zero-order valence-corrected chi connectivity index (χ0v) is 8.56. The van der Waals surface area contributed by atoms with Crippen molar-refractivity contribution in [3.05, 3.63) is 35.7 Å². The highest BCUT2D eigenvalue weighted by atomic mass is 16.5. The predicted octanol–water partition coefficient (Wildman–Crippen LogP) is 0.899. The number of carbonyl (C=O) groups is 1. The van der Waals surface area contributed by atoms with Crippen molar-refractivity contribution in [2.24, 2.45) is 0 Å².